The zero-order valence-electron chi connectivity index (χ0n) is 11.0. The zero-order chi connectivity index (χ0) is 12.3. The fraction of sp³-hybridized carbons (Fsp3) is 0.923. The molecule has 1 fully saturated rings. The summed E-state index contributed by atoms with van der Waals surface area (Å²) >= 11 is 0. The summed E-state index contributed by atoms with van der Waals surface area (Å²) in [4.78, 5) is 12.0. The van der Waals surface area contributed by atoms with Crippen molar-refractivity contribution in [3.05, 3.63) is 0 Å². The number of rotatable bonds is 2. The highest BCUT2D eigenvalue weighted by Gasteiger charge is 2.29. The van der Waals surface area contributed by atoms with Gasteiger partial charge in [-0.25, -0.2) is 0 Å². The molecule has 0 heterocycles. The van der Waals surface area contributed by atoms with Gasteiger partial charge in [-0.2, -0.15) is 0 Å². The van der Waals surface area contributed by atoms with Gasteiger partial charge in [0.15, 0.2) is 0 Å². The number of amides is 1. The first kappa shape index (κ1) is 13.5. The normalized spacial score (nSPS) is 28.6. The molecular formula is C13H26N2O. The van der Waals surface area contributed by atoms with E-state index in [9.17, 15) is 4.79 Å². The van der Waals surface area contributed by atoms with Crippen molar-refractivity contribution in [1.82, 2.24) is 5.32 Å². The largest absolute Gasteiger partial charge is 0.353 e. The molecule has 0 aromatic heterocycles. The third kappa shape index (κ3) is 3.78. The smallest absolute Gasteiger partial charge is 0.223 e. The van der Waals surface area contributed by atoms with Crippen LogP contribution in [0.15, 0.2) is 0 Å². The lowest BCUT2D eigenvalue weighted by atomic mass is 9.81. The number of hydrogen-bond donors (Lipinski definition) is 2. The maximum absolute atomic E-state index is 12.0. The average Bonchev–Trinajstić information content (AvgIpc) is 2.19. The molecule has 0 radical (unpaired) electrons. The number of nitrogens with one attached hydrogen (secondary N) is 1. The highest BCUT2D eigenvalue weighted by molar-refractivity contribution is 5.79. The van der Waals surface area contributed by atoms with Crippen molar-refractivity contribution < 1.29 is 4.79 Å². The van der Waals surface area contributed by atoms with Gasteiger partial charge < -0.3 is 11.1 Å². The molecular weight excluding hydrogens is 200 g/mol. The summed E-state index contributed by atoms with van der Waals surface area (Å²) in [5.74, 6) is 0.246. The van der Waals surface area contributed by atoms with Crippen LogP contribution in [0.25, 0.3) is 0 Å². The second kappa shape index (κ2) is 5.17. The lowest BCUT2D eigenvalue weighted by Gasteiger charge is -2.31. The Balaban J connectivity index is 2.40. The molecule has 16 heavy (non-hydrogen) atoms. The van der Waals surface area contributed by atoms with Gasteiger partial charge in [-0.1, -0.05) is 27.7 Å². The van der Waals surface area contributed by atoms with E-state index in [0.717, 1.165) is 25.7 Å². The first-order chi connectivity index (χ1) is 7.30. The molecule has 3 heteroatoms. The molecule has 1 aliphatic carbocycles. The summed E-state index contributed by atoms with van der Waals surface area (Å²) in [5.41, 5.74) is 5.88. The minimum Gasteiger partial charge on any atom is -0.353 e. The van der Waals surface area contributed by atoms with Gasteiger partial charge in [0.2, 0.25) is 5.91 Å². The number of carbonyl (C=O) groups is 1. The van der Waals surface area contributed by atoms with Crippen LogP contribution < -0.4 is 11.1 Å². The van der Waals surface area contributed by atoms with Crippen LogP contribution in [0.3, 0.4) is 0 Å². The van der Waals surface area contributed by atoms with Crippen molar-refractivity contribution in [2.24, 2.45) is 17.1 Å². The van der Waals surface area contributed by atoms with E-state index in [1.54, 1.807) is 0 Å². The minimum atomic E-state index is 0.0369. The van der Waals surface area contributed by atoms with Gasteiger partial charge in [0.05, 0.1) is 0 Å². The van der Waals surface area contributed by atoms with Crippen LogP contribution in [0.1, 0.15) is 53.4 Å². The van der Waals surface area contributed by atoms with Gasteiger partial charge in [0.1, 0.15) is 0 Å². The van der Waals surface area contributed by atoms with Gasteiger partial charge >= 0.3 is 0 Å². The molecule has 1 rings (SSSR count). The van der Waals surface area contributed by atoms with E-state index in [2.05, 4.69) is 26.1 Å². The summed E-state index contributed by atoms with van der Waals surface area (Å²) in [6.07, 6.45) is 4.14. The SMILES string of the molecule is CC(C(=O)NC1CCC(N)CC1)C(C)(C)C. The molecule has 94 valence electrons. The zero-order valence-corrected chi connectivity index (χ0v) is 11.0. The van der Waals surface area contributed by atoms with E-state index in [0.29, 0.717) is 12.1 Å². The standard InChI is InChI=1S/C13H26N2O/c1-9(13(2,3)4)12(16)15-11-7-5-10(14)6-8-11/h9-11H,5-8,14H2,1-4H3,(H,15,16). The van der Waals surface area contributed by atoms with E-state index in [4.69, 9.17) is 5.73 Å². The summed E-state index contributed by atoms with van der Waals surface area (Å²) in [7, 11) is 0. The molecule has 3 N–H and O–H groups in total. The van der Waals surface area contributed by atoms with Gasteiger partial charge in [-0.05, 0) is 31.1 Å². The van der Waals surface area contributed by atoms with Gasteiger partial charge in [-0.3, -0.25) is 4.79 Å². The summed E-state index contributed by atoms with van der Waals surface area (Å²) in [5, 5.41) is 3.15. The van der Waals surface area contributed by atoms with E-state index < -0.39 is 0 Å². The van der Waals surface area contributed by atoms with Crippen LogP contribution in [0.4, 0.5) is 0 Å². The monoisotopic (exact) mass is 226 g/mol. The second-order valence-electron chi connectivity index (χ2n) is 6.21. The molecule has 0 aliphatic heterocycles. The number of carbonyl (C=O) groups excluding carboxylic acids is 1. The minimum absolute atomic E-state index is 0.0369. The molecule has 1 saturated carbocycles. The molecule has 0 bridgehead atoms. The fourth-order valence-electron chi connectivity index (χ4n) is 1.98. The molecule has 1 aliphatic rings. The third-order valence-corrected chi connectivity index (χ3v) is 3.81. The fourth-order valence-corrected chi connectivity index (χ4v) is 1.98. The van der Waals surface area contributed by atoms with Crippen molar-refractivity contribution in [2.45, 2.75) is 65.5 Å². The maximum atomic E-state index is 12.0. The van der Waals surface area contributed by atoms with E-state index in [1.165, 1.54) is 0 Å². The topological polar surface area (TPSA) is 55.1 Å². The van der Waals surface area contributed by atoms with E-state index >= 15 is 0 Å². The summed E-state index contributed by atoms with van der Waals surface area (Å²) < 4.78 is 0. The lowest BCUT2D eigenvalue weighted by molar-refractivity contribution is -0.128. The van der Waals surface area contributed by atoms with Gasteiger partial charge in [-0.15, -0.1) is 0 Å². The number of nitrogens with two attached hydrogens (primary N) is 1. The first-order valence-electron chi connectivity index (χ1n) is 6.36. The Bertz CT molecular complexity index is 237. The van der Waals surface area contributed by atoms with Crippen LogP contribution in [0.5, 0.6) is 0 Å². The Morgan fingerprint density at radius 3 is 2.19 bits per heavy atom. The Morgan fingerprint density at radius 1 is 1.25 bits per heavy atom. The third-order valence-electron chi connectivity index (χ3n) is 3.81. The molecule has 3 nitrogen and oxygen atoms in total. The molecule has 0 aromatic carbocycles. The first-order valence-corrected chi connectivity index (χ1v) is 6.36. The highest BCUT2D eigenvalue weighted by Crippen LogP contribution is 2.26. The van der Waals surface area contributed by atoms with Crippen molar-refractivity contribution in [1.29, 1.82) is 0 Å². The van der Waals surface area contributed by atoms with Crippen molar-refractivity contribution in [3.8, 4) is 0 Å². The van der Waals surface area contributed by atoms with Crippen molar-refractivity contribution in [3.63, 3.8) is 0 Å². The van der Waals surface area contributed by atoms with Gasteiger partial charge in [0.25, 0.3) is 0 Å². The summed E-state index contributed by atoms with van der Waals surface area (Å²) in [6.45, 7) is 8.32. The Morgan fingerprint density at radius 2 is 1.75 bits per heavy atom. The van der Waals surface area contributed by atoms with E-state index in [1.807, 2.05) is 6.92 Å². The van der Waals surface area contributed by atoms with Crippen LogP contribution in [-0.4, -0.2) is 18.0 Å². The van der Waals surface area contributed by atoms with E-state index in [-0.39, 0.29) is 17.2 Å². The Labute approximate surface area is 99.2 Å². The lowest BCUT2D eigenvalue weighted by Crippen LogP contribution is -2.44. The van der Waals surface area contributed by atoms with Gasteiger partial charge in [0, 0.05) is 18.0 Å². The van der Waals surface area contributed by atoms with Crippen molar-refractivity contribution >= 4 is 5.91 Å². The predicted molar refractivity (Wildman–Crippen MR) is 67.0 cm³/mol. The molecule has 0 spiro atoms. The predicted octanol–water partition coefficient (Wildman–Crippen LogP) is 2.05. The quantitative estimate of drug-likeness (QED) is 0.757. The molecule has 1 atom stereocenters. The maximum Gasteiger partial charge on any atom is 0.223 e. The number of hydrogen-bond acceptors (Lipinski definition) is 2. The Kier molecular flexibility index (Phi) is 4.36. The Hall–Kier alpha value is -0.570. The average molecular weight is 226 g/mol. The molecule has 0 aromatic rings. The second-order valence-corrected chi connectivity index (χ2v) is 6.21. The molecule has 1 unspecified atom stereocenters. The summed E-state index contributed by atoms with van der Waals surface area (Å²) in [6, 6.07) is 0.685. The molecule has 0 saturated heterocycles. The highest BCUT2D eigenvalue weighted by atomic mass is 16.1. The van der Waals surface area contributed by atoms with Crippen LogP contribution >= 0.6 is 0 Å². The van der Waals surface area contributed by atoms with Crippen LogP contribution in [0, 0.1) is 11.3 Å². The van der Waals surface area contributed by atoms with Crippen molar-refractivity contribution in [2.75, 3.05) is 0 Å². The molecule has 1 amide bonds. The van der Waals surface area contributed by atoms with Crippen LogP contribution in [-0.2, 0) is 4.79 Å². The van der Waals surface area contributed by atoms with Crippen LogP contribution in [0.2, 0.25) is 0 Å².